The highest BCUT2D eigenvalue weighted by atomic mass is 32.3. The van der Waals surface area contributed by atoms with Crippen molar-refractivity contribution in [2.45, 2.75) is 12.8 Å². The van der Waals surface area contributed by atoms with Crippen molar-refractivity contribution in [3.05, 3.63) is 0 Å². The maximum Gasteiger partial charge on any atom is 0.397 e. The number of likely N-dealkylation sites (N-methyl/N-ethyl adjacent to an activating group) is 1. The Hall–Kier alpha value is -0.170. The lowest BCUT2D eigenvalue weighted by molar-refractivity contribution is -0.897. The van der Waals surface area contributed by atoms with Gasteiger partial charge in [0, 0.05) is 12.8 Å². The lowest BCUT2D eigenvalue weighted by Crippen LogP contribution is -2.43. The summed E-state index contributed by atoms with van der Waals surface area (Å²) in [6.45, 7) is 2.83. The van der Waals surface area contributed by atoms with Gasteiger partial charge in [-0.1, -0.05) is 0 Å². The molecule has 0 aliphatic carbocycles. The molecule has 13 heavy (non-hydrogen) atoms. The van der Waals surface area contributed by atoms with Crippen LogP contribution in [0, 0.1) is 0 Å². The van der Waals surface area contributed by atoms with E-state index in [0.717, 1.165) is 17.6 Å². The molecule has 1 fully saturated rings. The smallest absolute Gasteiger partial charge is 0.324 e. The highest BCUT2D eigenvalue weighted by Crippen LogP contribution is 2.15. The molecule has 1 N–H and O–H groups in total. The van der Waals surface area contributed by atoms with Crippen LogP contribution in [0.1, 0.15) is 12.8 Å². The summed E-state index contributed by atoms with van der Waals surface area (Å²) in [7, 11) is -2.18. The lowest BCUT2D eigenvalue weighted by atomic mass is 10.4. The van der Waals surface area contributed by atoms with Crippen LogP contribution in [0.4, 0.5) is 0 Å². The fourth-order valence-corrected chi connectivity index (χ4v) is 1.97. The zero-order chi connectivity index (χ0) is 9.95. The largest absolute Gasteiger partial charge is 0.397 e. The summed E-state index contributed by atoms with van der Waals surface area (Å²) in [5, 5.41) is 0. The van der Waals surface area contributed by atoms with E-state index in [1.165, 1.54) is 12.8 Å². The van der Waals surface area contributed by atoms with Crippen molar-refractivity contribution >= 4 is 10.4 Å². The molecule has 0 amide bonds. The second-order valence-corrected chi connectivity index (χ2v) is 4.84. The number of rotatable bonds is 4. The predicted octanol–water partition coefficient (Wildman–Crippen LogP) is 0.0462. The minimum absolute atomic E-state index is 0.0648. The number of hydrogen-bond acceptors (Lipinski definition) is 3. The molecule has 1 heterocycles. The maximum absolute atomic E-state index is 10.2. The molecule has 0 saturated carbocycles. The van der Waals surface area contributed by atoms with Gasteiger partial charge in [-0.3, -0.25) is 4.55 Å². The van der Waals surface area contributed by atoms with Gasteiger partial charge in [0.25, 0.3) is 0 Å². The van der Waals surface area contributed by atoms with Gasteiger partial charge in [0.2, 0.25) is 0 Å². The van der Waals surface area contributed by atoms with Crippen molar-refractivity contribution in [3.63, 3.8) is 0 Å². The fraction of sp³-hybridized carbons (Fsp3) is 1.00. The van der Waals surface area contributed by atoms with E-state index in [4.69, 9.17) is 4.55 Å². The van der Waals surface area contributed by atoms with E-state index in [1.54, 1.807) is 0 Å². The van der Waals surface area contributed by atoms with Crippen LogP contribution in [0.2, 0.25) is 0 Å². The van der Waals surface area contributed by atoms with Crippen LogP contribution >= 0.6 is 0 Å². The van der Waals surface area contributed by atoms with Crippen LogP contribution in [0.3, 0.4) is 0 Å². The van der Waals surface area contributed by atoms with Crippen molar-refractivity contribution in [2.24, 2.45) is 0 Å². The topological polar surface area (TPSA) is 63.6 Å². The Bertz CT molecular complexity index is 256. The molecular weight excluding hydrogens is 194 g/mol. The minimum Gasteiger partial charge on any atom is -0.324 e. The monoisotopic (exact) mass is 210 g/mol. The van der Waals surface area contributed by atoms with Gasteiger partial charge in [0.15, 0.2) is 0 Å². The average molecular weight is 210 g/mol. The average Bonchev–Trinajstić information content (AvgIpc) is 2.33. The van der Waals surface area contributed by atoms with Crippen molar-refractivity contribution in [2.75, 3.05) is 33.3 Å². The Balaban J connectivity index is 2.26. The molecule has 1 aliphatic rings. The van der Waals surface area contributed by atoms with Gasteiger partial charge >= 0.3 is 10.4 Å². The van der Waals surface area contributed by atoms with Gasteiger partial charge in [-0.05, 0) is 0 Å². The summed E-state index contributed by atoms with van der Waals surface area (Å²) in [6, 6.07) is 0. The number of likely N-dealkylation sites (tertiary alicyclic amines) is 1. The van der Waals surface area contributed by atoms with E-state index in [1.807, 2.05) is 0 Å². The van der Waals surface area contributed by atoms with Crippen molar-refractivity contribution < 1.29 is 21.6 Å². The van der Waals surface area contributed by atoms with Crippen molar-refractivity contribution in [3.8, 4) is 0 Å². The first-order chi connectivity index (χ1) is 5.91. The van der Waals surface area contributed by atoms with E-state index in [9.17, 15) is 8.42 Å². The van der Waals surface area contributed by atoms with Gasteiger partial charge in [-0.2, -0.15) is 8.42 Å². The van der Waals surface area contributed by atoms with E-state index in [0.29, 0.717) is 6.54 Å². The Kier molecular flexibility index (Phi) is 3.28. The maximum atomic E-state index is 10.2. The van der Waals surface area contributed by atoms with E-state index in [-0.39, 0.29) is 6.61 Å². The Labute approximate surface area is 78.8 Å². The van der Waals surface area contributed by atoms with Gasteiger partial charge < -0.3 is 4.48 Å². The number of hydrogen-bond donors (Lipinski definition) is 1. The molecule has 0 aromatic carbocycles. The van der Waals surface area contributed by atoms with E-state index in [2.05, 4.69) is 11.2 Å². The van der Waals surface area contributed by atoms with Gasteiger partial charge in [0.05, 0.1) is 20.1 Å². The van der Waals surface area contributed by atoms with Gasteiger partial charge in [-0.25, -0.2) is 4.18 Å². The van der Waals surface area contributed by atoms with E-state index >= 15 is 0 Å². The molecule has 5 nitrogen and oxygen atoms in total. The molecule has 78 valence electrons. The Morgan fingerprint density at radius 1 is 1.38 bits per heavy atom. The van der Waals surface area contributed by atoms with Crippen LogP contribution in [-0.2, 0) is 14.6 Å². The summed E-state index contributed by atoms with van der Waals surface area (Å²) in [5.74, 6) is 0. The van der Waals surface area contributed by atoms with Gasteiger partial charge in [0.1, 0.15) is 13.2 Å². The van der Waals surface area contributed by atoms with Gasteiger partial charge in [-0.15, -0.1) is 0 Å². The zero-order valence-corrected chi connectivity index (χ0v) is 8.59. The molecule has 1 saturated heterocycles. The summed E-state index contributed by atoms with van der Waals surface area (Å²) in [5.41, 5.74) is 0. The summed E-state index contributed by atoms with van der Waals surface area (Å²) < 4.78 is 33.9. The molecular formula is C7H16NO4S+. The highest BCUT2D eigenvalue weighted by Gasteiger charge is 2.26. The molecule has 0 unspecified atom stereocenters. The molecule has 1 rings (SSSR count). The number of nitrogens with zero attached hydrogens (tertiary/aromatic N) is 1. The molecule has 0 spiro atoms. The van der Waals surface area contributed by atoms with Crippen LogP contribution in [0.25, 0.3) is 0 Å². The van der Waals surface area contributed by atoms with Crippen LogP contribution in [0.5, 0.6) is 0 Å². The molecule has 0 atom stereocenters. The summed E-state index contributed by atoms with van der Waals surface area (Å²) in [4.78, 5) is 0. The molecule has 1 aliphatic heterocycles. The summed E-state index contributed by atoms with van der Waals surface area (Å²) in [6.07, 6.45) is 2.37. The fourth-order valence-electron chi connectivity index (χ4n) is 1.69. The normalized spacial score (nSPS) is 22.0. The SMILES string of the molecule is C[N+]1(CCOS(=O)(=O)O)CCCC1. The molecule has 0 aromatic rings. The molecule has 0 radical (unpaired) electrons. The summed E-state index contributed by atoms with van der Waals surface area (Å²) >= 11 is 0. The molecule has 6 heteroatoms. The van der Waals surface area contributed by atoms with Crippen molar-refractivity contribution in [1.29, 1.82) is 0 Å². The van der Waals surface area contributed by atoms with Crippen LogP contribution < -0.4 is 0 Å². The molecule has 0 aromatic heterocycles. The van der Waals surface area contributed by atoms with Crippen LogP contribution in [-0.4, -0.2) is 50.7 Å². The second-order valence-electron chi connectivity index (χ2n) is 3.75. The quantitative estimate of drug-likeness (QED) is 0.526. The van der Waals surface area contributed by atoms with E-state index < -0.39 is 10.4 Å². The molecule has 0 bridgehead atoms. The third kappa shape index (κ3) is 4.04. The highest BCUT2D eigenvalue weighted by molar-refractivity contribution is 7.80. The zero-order valence-electron chi connectivity index (χ0n) is 7.77. The lowest BCUT2D eigenvalue weighted by Gasteiger charge is -2.28. The third-order valence-corrected chi connectivity index (χ3v) is 2.97. The van der Waals surface area contributed by atoms with Crippen molar-refractivity contribution in [1.82, 2.24) is 0 Å². The Morgan fingerprint density at radius 3 is 2.38 bits per heavy atom. The Morgan fingerprint density at radius 2 is 1.92 bits per heavy atom. The number of quaternary nitrogens is 1. The second kappa shape index (κ2) is 3.91. The standard InChI is InChI=1S/C7H15NO4S/c1-8(4-2-3-5-8)6-7-12-13(9,10)11/h2-7H2,1H3/p+1. The third-order valence-electron chi connectivity index (χ3n) is 2.51. The van der Waals surface area contributed by atoms with Crippen LogP contribution in [0.15, 0.2) is 0 Å². The first-order valence-corrected chi connectivity index (χ1v) is 5.73. The minimum atomic E-state index is -4.25. The predicted molar refractivity (Wildman–Crippen MR) is 47.5 cm³/mol. The first kappa shape index (κ1) is 10.9. The first-order valence-electron chi connectivity index (χ1n) is 4.37.